The fourth-order valence-corrected chi connectivity index (χ4v) is 1.21. The van der Waals surface area contributed by atoms with Gasteiger partial charge in [0.25, 0.3) is 0 Å². The molecule has 0 saturated carbocycles. The lowest BCUT2D eigenvalue weighted by molar-refractivity contribution is -0.0826. The third-order valence-corrected chi connectivity index (χ3v) is 2.23. The Morgan fingerprint density at radius 2 is 2.21 bits per heavy atom. The van der Waals surface area contributed by atoms with Crippen molar-refractivity contribution in [3.05, 3.63) is 35.4 Å². The molecular formula is C11H12N2O. The molecule has 1 aliphatic rings. The van der Waals surface area contributed by atoms with E-state index in [2.05, 4.69) is 25.1 Å². The first-order valence-electron chi connectivity index (χ1n) is 4.64. The smallest absolute Gasteiger partial charge is 0.137 e. The highest BCUT2D eigenvalue weighted by Gasteiger charge is 2.35. The Kier molecular flexibility index (Phi) is 2.49. The second kappa shape index (κ2) is 3.79. The van der Waals surface area contributed by atoms with Crippen LogP contribution >= 0.6 is 0 Å². The summed E-state index contributed by atoms with van der Waals surface area (Å²) < 4.78 is 0. The van der Waals surface area contributed by atoms with Crippen LogP contribution in [0.4, 0.5) is 0 Å². The molecule has 1 aliphatic heterocycles. The highest BCUT2D eigenvalue weighted by molar-refractivity contribution is 5.20. The first-order valence-corrected chi connectivity index (χ1v) is 4.64. The normalized spacial score (nSPS) is 24.3. The van der Waals surface area contributed by atoms with Gasteiger partial charge in [-0.3, -0.25) is 4.84 Å². The lowest BCUT2D eigenvalue weighted by Crippen LogP contribution is -2.02. The molecule has 14 heavy (non-hydrogen) atoms. The monoisotopic (exact) mass is 188 g/mol. The second-order valence-electron chi connectivity index (χ2n) is 3.50. The zero-order valence-electron chi connectivity index (χ0n) is 8.10. The number of hydrogen-bond donors (Lipinski definition) is 0. The maximum absolute atomic E-state index is 8.54. The number of hydrogen-bond acceptors (Lipinski definition) is 3. The minimum absolute atomic E-state index is 0.0274. The number of hydroxylamine groups is 2. The van der Waals surface area contributed by atoms with Crippen molar-refractivity contribution in [2.45, 2.75) is 19.6 Å². The van der Waals surface area contributed by atoms with Crippen LogP contribution in [0.3, 0.4) is 0 Å². The summed E-state index contributed by atoms with van der Waals surface area (Å²) in [5.41, 5.74) is 2.38. The Morgan fingerprint density at radius 1 is 1.50 bits per heavy atom. The molecule has 0 amide bonds. The van der Waals surface area contributed by atoms with Gasteiger partial charge in [-0.1, -0.05) is 29.8 Å². The summed E-state index contributed by atoms with van der Waals surface area (Å²) in [4.78, 5) is 5.39. The van der Waals surface area contributed by atoms with Crippen LogP contribution in [0.1, 0.15) is 11.1 Å². The van der Waals surface area contributed by atoms with Crippen LogP contribution in [-0.2, 0) is 11.4 Å². The van der Waals surface area contributed by atoms with Crippen LogP contribution < -0.4 is 0 Å². The van der Waals surface area contributed by atoms with Gasteiger partial charge in [0.05, 0.1) is 19.2 Å². The molecule has 0 aliphatic carbocycles. The minimum atomic E-state index is -0.0274. The van der Waals surface area contributed by atoms with E-state index < -0.39 is 0 Å². The summed E-state index contributed by atoms with van der Waals surface area (Å²) in [5, 5.41) is 10.2. The fourth-order valence-electron chi connectivity index (χ4n) is 1.21. The quantitative estimate of drug-likeness (QED) is 0.676. The summed E-state index contributed by atoms with van der Waals surface area (Å²) in [6, 6.07) is 10.3. The van der Waals surface area contributed by atoms with E-state index in [-0.39, 0.29) is 6.04 Å². The van der Waals surface area contributed by atoms with E-state index in [0.717, 1.165) is 12.1 Å². The van der Waals surface area contributed by atoms with E-state index in [0.29, 0.717) is 6.61 Å². The van der Waals surface area contributed by atoms with Crippen LogP contribution in [0.2, 0.25) is 0 Å². The van der Waals surface area contributed by atoms with E-state index in [1.54, 1.807) is 5.06 Å². The summed E-state index contributed by atoms with van der Waals surface area (Å²) in [5.74, 6) is 0. The third-order valence-electron chi connectivity index (χ3n) is 2.23. The average molecular weight is 188 g/mol. The molecule has 3 heteroatoms. The van der Waals surface area contributed by atoms with Crippen molar-refractivity contribution in [3.63, 3.8) is 0 Å². The minimum Gasteiger partial charge on any atom is -0.293 e. The molecule has 2 unspecified atom stereocenters. The maximum atomic E-state index is 8.54. The standard InChI is InChI=1S/C11H12N2O/c1-9-2-4-10(5-3-9)8-14-13-7-11(13)6-12/h2-5,11H,7-8H2,1H3. The van der Waals surface area contributed by atoms with Crippen LogP contribution in [0.25, 0.3) is 0 Å². The molecule has 0 spiro atoms. The number of nitrogens with zero attached hydrogens (tertiary/aromatic N) is 2. The molecule has 1 aromatic rings. The van der Waals surface area contributed by atoms with Gasteiger partial charge in [0.15, 0.2) is 0 Å². The molecule has 2 rings (SSSR count). The first kappa shape index (κ1) is 9.20. The Balaban J connectivity index is 1.82. The summed E-state index contributed by atoms with van der Waals surface area (Å²) in [6.45, 7) is 3.35. The number of nitriles is 1. The van der Waals surface area contributed by atoms with Gasteiger partial charge in [-0.2, -0.15) is 10.3 Å². The van der Waals surface area contributed by atoms with Crippen molar-refractivity contribution >= 4 is 0 Å². The molecule has 1 fully saturated rings. The number of aryl methyl sites for hydroxylation is 1. The maximum Gasteiger partial charge on any atom is 0.137 e. The fraction of sp³-hybridized carbons (Fsp3) is 0.364. The van der Waals surface area contributed by atoms with E-state index in [1.165, 1.54) is 5.56 Å². The van der Waals surface area contributed by atoms with Gasteiger partial charge in [0.1, 0.15) is 6.04 Å². The van der Waals surface area contributed by atoms with Crippen LogP contribution in [0.15, 0.2) is 24.3 Å². The average Bonchev–Trinajstić information content (AvgIpc) is 2.96. The summed E-state index contributed by atoms with van der Waals surface area (Å²) in [7, 11) is 0. The first-order chi connectivity index (χ1) is 6.79. The van der Waals surface area contributed by atoms with Crippen molar-refractivity contribution < 1.29 is 4.84 Å². The zero-order chi connectivity index (χ0) is 9.97. The highest BCUT2D eigenvalue weighted by Crippen LogP contribution is 2.18. The van der Waals surface area contributed by atoms with Gasteiger partial charge in [-0.05, 0) is 12.5 Å². The molecular weight excluding hydrogens is 176 g/mol. The van der Waals surface area contributed by atoms with Gasteiger partial charge in [0, 0.05) is 0 Å². The van der Waals surface area contributed by atoms with Crippen molar-refractivity contribution in [3.8, 4) is 6.07 Å². The molecule has 72 valence electrons. The molecule has 0 radical (unpaired) electrons. The van der Waals surface area contributed by atoms with Crippen molar-refractivity contribution in [2.75, 3.05) is 6.54 Å². The van der Waals surface area contributed by atoms with E-state index >= 15 is 0 Å². The van der Waals surface area contributed by atoms with E-state index in [4.69, 9.17) is 10.1 Å². The Labute approximate surface area is 83.5 Å². The summed E-state index contributed by atoms with van der Waals surface area (Å²) in [6.07, 6.45) is 0. The molecule has 0 aromatic heterocycles. The Morgan fingerprint density at radius 3 is 2.79 bits per heavy atom. The topological polar surface area (TPSA) is 36.0 Å². The molecule has 1 aromatic carbocycles. The van der Waals surface area contributed by atoms with E-state index in [9.17, 15) is 0 Å². The van der Waals surface area contributed by atoms with Gasteiger partial charge < -0.3 is 0 Å². The van der Waals surface area contributed by atoms with E-state index in [1.807, 2.05) is 12.1 Å². The van der Waals surface area contributed by atoms with Crippen LogP contribution in [0, 0.1) is 18.3 Å². The molecule has 0 N–H and O–H groups in total. The molecule has 1 saturated heterocycles. The van der Waals surface area contributed by atoms with Gasteiger partial charge in [-0.15, -0.1) is 0 Å². The lowest BCUT2D eigenvalue weighted by atomic mass is 10.2. The zero-order valence-corrected chi connectivity index (χ0v) is 8.10. The largest absolute Gasteiger partial charge is 0.293 e. The highest BCUT2D eigenvalue weighted by atomic mass is 16.7. The molecule has 2 atom stereocenters. The van der Waals surface area contributed by atoms with Crippen molar-refractivity contribution in [2.24, 2.45) is 0 Å². The van der Waals surface area contributed by atoms with Gasteiger partial charge >= 0.3 is 0 Å². The Bertz CT molecular complexity index is 353. The van der Waals surface area contributed by atoms with Crippen molar-refractivity contribution in [1.29, 1.82) is 5.26 Å². The number of rotatable bonds is 3. The Hall–Kier alpha value is -1.37. The summed E-state index contributed by atoms with van der Waals surface area (Å²) >= 11 is 0. The predicted octanol–water partition coefficient (Wildman–Crippen LogP) is 1.63. The molecule has 0 bridgehead atoms. The SMILES string of the molecule is Cc1ccc(CON2CC2C#N)cc1. The predicted molar refractivity (Wildman–Crippen MR) is 52.1 cm³/mol. The number of benzene rings is 1. The second-order valence-corrected chi connectivity index (χ2v) is 3.50. The third kappa shape index (κ3) is 2.11. The van der Waals surface area contributed by atoms with Gasteiger partial charge in [0.2, 0.25) is 0 Å². The molecule has 3 nitrogen and oxygen atoms in total. The van der Waals surface area contributed by atoms with Crippen LogP contribution in [0.5, 0.6) is 0 Å². The van der Waals surface area contributed by atoms with Crippen molar-refractivity contribution in [1.82, 2.24) is 5.06 Å². The van der Waals surface area contributed by atoms with Gasteiger partial charge in [-0.25, -0.2) is 0 Å². The van der Waals surface area contributed by atoms with Crippen LogP contribution in [-0.4, -0.2) is 17.6 Å². The molecule has 1 heterocycles. The lowest BCUT2D eigenvalue weighted by Gasteiger charge is -2.03.